The van der Waals surface area contributed by atoms with Gasteiger partial charge in [-0.15, -0.1) is 0 Å². The first-order valence-electron chi connectivity index (χ1n) is 13.1. The monoisotopic (exact) mass is 534 g/mol. The molecular weight excluding hydrogens is 504 g/mol. The SMILES string of the molecule is CCOc1cc(C2C3=C(CCCC3=O)NC3=C2C(=O)CCC3)cc(Cl)c1OCC(=O)Nc1ccccc1C. The minimum atomic E-state index is -0.503. The number of hydrogen-bond acceptors (Lipinski definition) is 6. The number of para-hydroxylation sites is 1. The molecule has 0 spiro atoms. The zero-order valence-corrected chi connectivity index (χ0v) is 22.4. The number of ether oxygens (including phenoxy) is 2. The Labute approximate surface area is 227 Å². The molecule has 2 aromatic rings. The van der Waals surface area contributed by atoms with Gasteiger partial charge >= 0.3 is 0 Å². The van der Waals surface area contributed by atoms with Crippen LogP contribution in [-0.4, -0.2) is 30.7 Å². The smallest absolute Gasteiger partial charge is 0.262 e. The Kier molecular flexibility index (Phi) is 7.56. The van der Waals surface area contributed by atoms with Crippen molar-refractivity contribution in [3.05, 3.63) is 75.1 Å². The predicted octanol–water partition coefficient (Wildman–Crippen LogP) is 5.77. The Balaban J connectivity index is 1.48. The number of carbonyl (C=O) groups is 3. The lowest BCUT2D eigenvalue weighted by atomic mass is 9.71. The number of aryl methyl sites for hydroxylation is 1. The summed E-state index contributed by atoms with van der Waals surface area (Å²) < 4.78 is 11.7. The highest BCUT2D eigenvalue weighted by molar-refractivity contribution is 6.32. The molecule has 0 bridgehead atoms. The second-order valence-corrected chi connectivity index (χ2v) is 10.2. The zero-order chi connectivity index (χ0) is 26.8. The van der Waals surface area contributed by atoms with Crippen LogP contribution in [0.1, 0.15) is 62.5 Å². The van der Waals surface area contributed by atoms with E-state index in [4.69, 9.17) is 21.1 Å². The predicted molar refractivity (Wildman–Crippen MR) is 146 cm³/mol. The van der Waals surface area contributed by atoms with Crippen molar-refractivity contribution in [2.45, 2.75) is 58.3 Å². The van der Waals surface area contributed by atoms with Crippen LogP contribution in [0.4, 0.5) is 5.69 Å². The van der Waals surface area contributed by atoms with Gasteiger partial charge in [0.2, 0.25) is 0 Å². The Hall–Kier alpha value is -3.58. The number of amides is 1. The molecule has 0 fully saturated rings. The minimum Gasteiger partial charge on any atom is -0.490 e. The molecule has 1 aliphatic heterocycles. The summed E-state index contributed by atoms with van der Waals surface area (Å²) in [7, 11) is 0. The second-order valence-electron chi connectivity index (χ2n) is 9.81. The van der Waals surface area contributed by atoms with Gasteiger partial charge in [-0.1, -0.05) is 29.8 Å². The second kappa shape index (κ2) is 11.0. The molecule has 0 atom stereocenters. The summed E-state index contributed by atoms with van der Waals surface area (Å²) in [4.78, 5) is 38.9. The van der Waals surface area contributed by atoms with Gasteiger partial charge in [-0.2, -0.15) is 0 Å². The Morgan fingerprint density at radius 1 is 1.00 bits per heavy atom. The van der Waals surface area contributed by atoms with Crippen LogP contribution in [0.25, 0.3) is 0 Å². The number of ketones is 2. The molecule has 2 N–H and O–H groups in total. The average molecular weight is 535 g/mol. The lowest BCUT2D eigenvalue weighted by Crippen LogP contribution is -2.36. The maximum absolute atomic E-state index is 13.1. The van der Waals surface area contributed by atoms with Crippen LogP contribution in [0, 0.1) is 6.92 Å². The van der Waals surface area contributed by atoms with Crippen LogP contribution in [0.2, 0.25) is 5.02 Å². The number of halogens is 1. The number of allylic oxidation sites excluding steroid dienone is 4. The Morgan fingerprint density at radius 3 is 2.29 bits per heavy atom. The van der Waals surface area contributed by atoms with Crippen molar-refractivity contribution in [1.29, 1.82) is 0 Å². The van der Waals surface area contributed by atoms with E-state index >= 15 is 0 Å². The molecule has 8 heteroatoms. The van der Waals surface area contributed by atoms with Gasteiger partial charge in [0.25, 0.3) is 5.91 Å². The summed E-state index contributed by atoms with van der Waals surface area (Å²) in [5, 5.41) is 6.52. The summed E-state index contributed by atoms with van der Waals surface area (Å²) in [6.07, 6.45) is 4.03. The average Bonchev–Trinajstić information content (AvgIpc) is 2.89. The van der Waals surface area contributed by atoms with Crippen molar-refractivity contribution in [3.8, 4) is 11.5 Å². The number of carbonyl (C=O) groups excluding carboxylic acids is 3. The van der Waals surface area contributed by atoms with Gasteiger partial charge in [0.15, 0.2) is 29.7 Å². The van der Waals surface area contributed by atoms with E-state index in [-0.39, 0.29) is 34.9 Å². The molecule has 2 aliphatic carbocycles. The van der Waals surface area contributed by atoms with Gasteiger partial charge in [-0.25, -0.2) is 0 Å². The number of nitrogens with one attached hydrogen (secondary N) is 2. The van der Waals surface area contributed by atoms with Crippen molar-refractivity contribution in [1.82, 2.24) is 5.32 Å². The van der Waals surface area contributed by atoms with E-state index < -0.39 is 5.92 Å². The van der Waals surface area contributed by atoms with E-state index in [0.717, 1.165) is 42.6 Å². The van der Waals surface area contributed by atoms with Crippen molar-refractivity contribution in [2.75, 3.05) is 18.5 Å². The van der Waals surface area contributed by atoms with Crippen LogP contribution in [0.15, 0.2) is 58.9 Å². The molecule has 38 heavy (non-hydrogen) atoms. The third-order valence-electron chi connectivity index (χ3n) is 7.22. The van der Waals surface area contributed by atoms with E-state index in [1.165, 1.54) is 0 Å². The van der Waals surface area contributed by atoms with E-state index in [0.29, 0.717) is 47.6 Å². The maximum Gasteiger partial charge on any atom is 0.262 e. The number of anilines is 1. The molecule has 5 rings (SSSR count). The lowest BCUT2D eigenvalue weighted by molar-refractivity contribution is -0.118. The third-order valence-corrected chi connectivity index (χ3v) is 7.50. The summed E-state index contributed by atoms with van der Waals surface area (Å²) in [6.45, 7) is 3.84. The molecule has 0 aromatic heterocycles. The molecule has 0 radical (unpaired) electrons. The van der Waals surface area contributed by atoms with Crippen molar-refractivity contribution in [3.63, 3.8) is 0 Å². The van der Waals surface area contributed by atoms with Crippen LogP contribution < -0.4 is 20.1 Å². The molecular formula is C30H31ClN2O5. The first kappa shape index (κ1) is 26.0. The number of benzene rings is 2. The molecule has 0 saturated carbocycles. The molecule has 3 aliphatic rings. The highest BCUT2D eigenvalue weighted by atomic mass is 35.5. The number of rotatable bonds is 7. The standard InChI is InChI=1S/C30H31ClN2O5/c1-3-37-25-15-18(14-19(31)30(25)38-16-26(36)33-20-9-5-4-8-17(20)2)27-28-21(10-6-12-23(28)34)32-22-11-7-13-24(35)29(22)27/h4-5,8-9,14-15,27,32H,3,6-7,10-13,16H2,1-2H3,(H,33,36). The summed E-state index contributed by atoms with van der Waals surface area (Å²) in [5.41, 5.74) is 5.47. The van der Waals surface area contributed by atoms with E-state index in [2.05, 4.69) is 10.6 Å². The van der Waals surface area contributed by atoms with Gasteiger partial charge in [-0.3, -0.25) is 14.4 Å². The summed E-state index contributed by atoms with van der Waals surface area (Å²) in [5.74, 6) is -0.109. The quantitative estimate of drug-likeness (QED) is 0.468. The van der Waals surface area contributed by atoms with E-state index in [1.54, 1.807) is 12.1 Å². The molecule has 1 heterocycles. The van der Waals surface area contributed by atoms with Crippen LogP contribution in [0.3, 0.4) is 0 Å². The van der Waals surface area contributed by atoms with Crippen molar-refractivity contribution >= 4 is 34.8 Å². The van der Waals surface area contributed by atoms with Gasteiger partial charge in [0.05, 0.1) is 11.6 Å². The largest absolute Gasteiger partial charge is 0.490 e. The summed E-state index contributed by atoms with van der Waals surface area (Å²) >= 11 is 6.73. The molecule has 198 valence electrons. The topological polar surface area (TPSA) is 93.7 Å². The zero-order valence-electron chi connectivity index (χ0n) is 21.6. The Bertz CT molecular complexity index is 1330. The molecule has 2 aromatic carbocycles. The van der Waals surface area contributed by atoms with Crippen molar-refractivity contribution in [2.24, 2.45) is 0 Å². The molecule has 7 nitrogen and oxygen atoms in total. The van der Waals surface area contributed by atoms with Crippen molar-refractivity contribution < 1.29 is 23.9 Å². The molecule has 1 amide bonds. The third kappa shape index (κ3) is 5.07. The van der Waals surface area contributed by atoms with Gasteiger partial charge < -0.3 is 20.1 Å². The highest BCUT2D eigenvalue weighted by Crippen LogP contribution is 2.48. The Morgan fingerprint density at radius 2 is 1.66 bits per heavy atom. The first-order chi connectivity index (χ1) is 18.4. The minimum absolute atomic E-state index is 0.0518. The van der Waals surface area contributed by atoms with Crippen LogP contribution in [0.5, 0.6) is 11.5 Å². The maximum atomic E-state index is 13.1. The van der Waals surface area contributed by atoms with Crippen LogP contribution in [-0.2, 0) is 14.4 Å². The van der Waals surface area contributed by atoms with E-state index in [9.17, 15) is 14.4 Å². The normalized spacial score (nSPS) is 17.6. The van der Waals surface area contributed by atoms with Gasteiger partial charge in [0, 0.05) is 47.0 Å². The lowest BCUT2D eigenvalue weighted by Gasteiger charge is -2.37. The summed E-state index contributed by atoms with van der Waals surface area (Å²) in [6, 6.07) is 11.0. The molecule has 0 unspecified atom stereocenters. The van der Waals surface area contributed by atoms with Crippen LogP contribution >= 0.6 is 11.6 Å². The van der Waals surface area contributed by atoms with E-state index in [1.807, 2.05) is 38.1 Å². The number of Topliss-reactive ketones (excluding diaryl/α,β-unsaturated/α-hetero) is 2. The fraction of sp³-hybridized carbons (Fsp3) is 0.367. The molecule has 0 saturated heterocycles. The fourth-order valence-electron chi connectivity index (χ4n) is 5.51. The fourth-order valence-corrected chi connectivity index (χ4v) is 5.79. The number of dihydropyridines is 1. The number of hydrogen-bond donors (Lipinski definition) is 2. The first-order valence-corrected chi connectivity index (χ1v) is 13.5. The highest BCUT2D eigenvalue weighted by Gasteiger charge is 2.40. The van der Waals surface area contributed by atoms with Gasteiger partial charge in [0.1, 0.15) is 0 Å². The van der Waals surface area contributed by atoms with Gasteiger partial charge in [-0.05, 0) is 68.9 Å².